The monoisotopic (exact) mass is 224 g/mol. The predicted molar refractivity (Wildman–Crippen MR) is 65.6 cm³/mol. The van der Waals surface area contributed by atoms with E-state index in [0.717, 1.165) is 11.3 Å². The number of benzene rings is 1. The molecule has 1 atom stereocenters. The third kappa shape index (κ3) is 4.25. The van der Waals surface area contributed by atoms with Crippen LogP contribution in [0.3, 0.4) is 0 Å². The van der Waals surface area contributed by atoms with Gasteiger partial charge in [0.25, 0.3) is 0 Å². The molecule has 0 heterocycles. The molecule has 82 valence electrons. The normalized spacial score (nSPS) is 13.7. The molecule has 1 aromatic carbocycles. The zero-order chi connectivity index (χ0) is 11.3. The standard InChI is InChI=1S/C11H16N2OS/c1-13(2)12-11(9-15(3)14)10-7-5-4-6-8-10/h4-8H,9H2,1-3H3/b12-11+. The molecule has 0 fully saturated rings. The average molecular weight is 224 g/mol. The van der Waals surface area contributed by atoms with Crippen molar-refractivity contribution in [1.29, 1.82) is 0 Å². The van der Waals surface area contributed by atoms with Crippen LogP contribution in [0, 0.1) is 0 Å². The number of hydrazone groups is 1. The Labute approximate surface area is 93.3 Å². The maximum absolute atomic E-state index is 11.2. The average Bonchev–Trinajstić information content (AvgIpc) is 2.17. The van der Waals surface area contributed by atoms with Crippen molar-refractivity contribution in [3.8, 4) is 0 Å². The summed E-state index contributed by atoms with van der Waals surface area (Å²) in [5.41, 5.74) is 1.89. The lowest BCUT2D eigenvalue weighted by Crippen LogP contribution is -2.16. The van der Waals surface area contributed by atoms with Crippen molar-refractivity contribution in [3.05, 3.63) is 35.9 Å². The van der Waals surface area contributed by atoms with Gasteiger partial charge in [-0.25, -0.2) is 0 Å². The van der Waals surface area contributed by atoms with E-state index < -0.39 is 10.8 Å². The van der Waals surface area contributed by atoms with Crippen LogP contribution in [-0.4, -0.2) is 41.0 Å². The van der Waals surface area contributed by atoms with Crippen molar-refractivity contribution in [1.82, 2.24) is 5.01 Å². The van der Waals surface area contributed by atoms with Gasteiger partial charge in [-0.3, -0.25) is 4.21 Å². The number of rotatable bonds is 4. The zero-order valence-corrected chi connectivity index (χ0v) is 10.1. The smallest absolute Gasteiger partial charge is 0.0801 e. The van der Waals surface area contributed by atoms with Crippen LogP contribution in [0.2, 0.25) is 0 Å². The first-order valence-electron chi connectivity index (χ1n) is 4.70. The van der Waals surface area contributed by atoms with Gasteiger partial charge in [0, 0.05) is 31.2 Å². The molecule has 0 saturated heterocycles. The summed E-state index contributed by atoms with van der Waals surface area (Å²) in [6.07, 6.45) is 1.69. The maximum atomic E-state index is 11.2. The Morgan fingerprint density at radius 3 is 2.40 bits per heavy atom. The third-order valence-electron chi connectivity index (χ3n) is 1.77. The fraction of sp³-hybridized carbons (Fsp3) is 0.364. The molecule has 0 amide bonds. The summed E-state index contributed by atoms with van der Waals surface area (Å²) in [5, 5.41) is 6.08. The predicted octanol–water partition coefficient (Wildman–Crippen LogP) is 1.33. The fourth-order valence-electron chi connectivity index (χ4n) is 1.23. The minimum Gasteiger partial charge on any atom is -0.303 e. The highest BCUT2D eigenvalue weighted by molar-refractivity contribution is 7.85. The molecular formula is C11H16N2OS. The van der Waals surface area contributed by atoms with Gasteiger partial charge in [0.05, 0.1) is 11.5 Å². The van der Waals surface area contributed by atoms with Crippen LogP contribution >= 0.6 is 0 Å². The van der Waals surface area contributed by atoms with E-state index in [1.807, 2.05) is 44.4 Å². The highest BCUT2D eigenvalue weighted by Crippen LogP contribution is 2.03. The van der Waals surface area contributed by atoms with Crippen LogP contribution in [0.15, 0.2) is 35.4 Å². The van der Waals surface area contributed by atoms with Crippen LogP contribution in [0.5, 0.6) is 0 Å². The van der Waals surface area contributed by atoms with Gasteiger partial charge in [-0.05, 0) is 5.56 Å². The second-order valence-electron chi connectivity index (χ2n) is 3.48. The maximum Gasteiger partial charge on any atom is 0.0801 e. The fourth-order valence-corrected chi connectivity index (χ4v) is 1.84. The minimum atomic E-state index is -0.870. The van der Waals surface area contributed by atoms with Gasteiger partial charge >= 0.3 is 0 Å². The van der Waals surface area contributed by atoms with Crippen molar-refractivity contribution in [2.24, 2.45) is 5.10 Å². The Hall–Kier alpha value is -1.16. The third-order valence-corrected chi connectivity index (χ3v) is 2.45. The van der Waals surface area contributed by atoms with E-state index in [1.165, 1.54) is 0 Å². The highest BCUT2D eigenvalue weighted by Gasteiger charge is 2.05. The molecule has 0 saturated carbocycles. The molecule has 4 heteroatoms. The highest BCUT2D eigenvalue weighted by atomic mass is 32.2. The molecule has 0 radical (unpaired) electrons. The summed E-state index contributed by atoms with van der Waals surface area (Å²) >= 11 is 0. The van der Waals surface area contributed by atoms with Gasteiger partial charge in [0.1, 0.15) is 0 Å². The molecule has 1 rings (SSSR count). The summed E-state index contributed by atoms with van der Waals surface area (Å²) in [7, 11) is 2.86. The van der Waals surface area contributed by atoms with Crippen LogP contribution in [0.4, 0.5) is 0 Å². The first-order chi connectivity index (χ1) is 7.09. The summed E-state index contributed by atoms with van der Waals surface area (Å²) in [6.45, 7) is 0. The molecule has 3 nitrogen and oxygen atoms in total. The summed E-state index contributed by atoms with van der Waals surface area (Å²) in [5.74, 6) is 0.488. The molecule has 0 spiro atoms. The molecule has 1 aromatic rings. The summed E-state index contributed by atoms with van der Waals surface area (Å²) < 4.78 is 11.2. The molecule has 0 aliphatic carbocycles. The van der Waals surface area contributed by atoms with Gasteiger partial charge in [-0.1, -0.05) is 30.3 Å². The molecule has 0 N–H and O–H groups in total. The van der Waals surface area contributed by atoms with Crippen LogP contribution in [-0.2, 0) is 10.8 Å². The van der Waals surface area contributed by atoms with Gasteiger partial charge in [-0.2, -0.15) is 5.10 Å². The lowest BCUT2D eigenvalue weighted by Gasteiger charge is -2.10. The zero-order valence-electron chi connectivity index (χ0n) is 9.30. The molecule has 15 heavy (non-hydrogen) atoms. The first-order valence-corrected chi connectivity index (χ1v) is 6.42. The van der Waals surface area contributed by atoms with Crippen molar-refractivity contribution < 1.29 is 4.21 Å². The van der Waals surface area contributed by atoms with Crippen molar-refractivity contribution >= 4 is 16.5 Å². The number of nitrogens with zero attached hydrogens (tertiary/aromatic N) is 2. The number of hydrogen-bond donors (Lipinski definition) is 0. The summed E-state index contributed by atoms with van der Waals surface area (Å²) in [4.78, 5) is 0. The van der Waals surface area contributed by atoms with Gasteiger partial charge in [0.2, 0.25) is 0 Å². The largest absolute Gasteiger partial charge is 0.303 e. The van der Waals surface area contributed by atoms with E-state index in [0.29, 0.717) is 5.75 Å². The first kappa shape index (κ1) is 11.9. The van der Waals surface area contributed by atoms with Gasteiger partial charge in [-0.15, -0.1) is 0 Å². The molecule has 1 unspecified atom stereocenters. The molecule has 0 aliphatic rings. The lowest BCUT2D eigenvalue weighted by atomic mass is 10.1. The van der Waals surface area contributed by atoms with Crippen molar-refractivity contribution in [3.63, 3.8) is 0 Å². The lowest BCUT2D eigenvalue weighted by molar-refractivity contribution is 0.438. The van der Waals surface area contributed by atoms with E-state index in [-0.39, 0.29) is 0 Å². The molecule has 0 aliphatic heterocycles. The van der Waals surface area contributed by atoms with Crippen molar-refractivity contribution in [2.75, 3.05) is 26.1 Å². The van der Waals surface area contributed by atoms with Crippen LogP contribution in [0.25, 0.3) is 0 Å². The van der Waals surface area contributed by atoms with E-state index >= 15 is 0 Å². The molecule has 0 bridgehead atoms. The number of hydrogen-bond acceptors (Lipinski definition) is 3. The quantitative estimate of drug-likeness (QED) is 0.571. The van der Waals surface area contributed by atoms with E-state index in [1.54, 1.807) is 11.3 Å². The SMILES string of the molecule is CN(C)/N=C(\CS(C)=O)c1ccccc1. The van der Waals surface area contributed by atoms with Gasteiger partial charge in [0.15, 0.2) is 0 Å². The Morgan fingerprint density at radius 2 is 1.93 bits per heavy atom. The topological polar surface area (TPSA) is 32.7 Å². The molecule has 0 aromatic heterocycles. The van der Waals surface area contributed by atoms with Gasteiger partial charge < -0.3 is 5.01 Å². The van der Waals surface area contributed by atoms with Crippen LogP contribution in [0.1, 0.15) is 5.56 Å². The Kier molecular flexibility index (Phi) is 4.49. The Morgan fingerprint density at radius 1 is 1.33 bits per heavy atom. The van der Waals surface area contributed by atoms with E-state index in [4.69, 9.17) is 0 Å². The summed E-state index contributed by atoms with van der Waals surface area (Å²) in [6, 6.07) is 9.84. The van der Waals surface area contributed by atoms with E-state index in [9.17, 15) is 4.21 Å². The van der Waals surface area contributed by atoms with Crippen LogP contribution < -0.4 is 0 Å². The van der Waals surface area contributed by atoms with E-state index in [2.05, 4.69) is 5.10 Å². The Balaban J connectivity index is 2.96. The van der Waals surface area contributed by atoms with Crippen molar-refractivity contribution in [2.45, 2.75) is 0 Å². The Bertz CT molecular complexity index is 360. The second kappa shape index (κ2) is 5.66. The second-order valence-corrected chi connectivity index (χ2v) is 4.91. The minimum absolute atomic E-state index is 0.488. The molecular weight excluding hydrogens is 208 g/mol.